The van der Waals surface area contributed by atoms with Crippen LogP contribution in [0.2, 0.25) is 0 Å². The summed E-state index contributed by atoms with van der Waals surface area (Å²) in [6.07, 6.45) is 5.02. The zero-order chi connectivity index (χ0) is 29.4. The normalized spacial score (nSPS) is 17.6. The van der Waals surface area contributed by atoms with E-state index < -0.39 is 5.92 Å². The van der Waals surface area contributed by atoms with E-state index in [9.17, 15) is 9.59 Å². The first-order chi connectivity index (χ1) is 20.4. The lowest BCUT2D eigenvalue weighted by molar-refractivity contribution is -0.119. The van der Waals surface area contributed by atoms with E-state index in [2.05, 4.69) is 70.3 Å². The molecule has 2 N–H and O–H groups in total. The van der Waals surface area contributed by atoms with Crippen molar-refractivity contribution < 1.29 is 9.59 Å². The summed E-state index contributed by atoms with van der Waals surface area (Å²) in [6, 6.07) is 16.4. The lowest BCUT2D eigenvalue weighted by Crippen LogP contribution is -2.43. The monoisotopic (exact) mass is 562 g/mol. The van der Waals surface area contributed by atoms with Crippen LogP contribution in [-0.2, 0) is 4.79 Å². The van der Waals surface area contributed by atoms with E-state index in [1.807, 2.05) is 43.5 Å². The summed E-state index contributed by atoms with van der Waals surface area (Å²) < 4.78 is 2.27. The molecule has 0 aliphatic carbocycles. The van der Waals surface area contributed by atoms with Gasteiger partial charge in [0.2, 0.25) is 0 Å². The fraction of sp³-hybridized carbons (Fsp3) is 0.353. The molecular weight excluding hydrogens is 524 g/mol. The van der Waals surface area contributed by atoms with Crippen molar-refractivity contribution in [1.29, 1.82) is 0 Å². The highest BCUT2D eigenvalue weighted by molar-refractivity contribution is 6.12. The Labute approximate surface area is 246 Å². The third-order valence-corrected chi connectivity index (χ3v) is 8.72. The molecule has 2 unspecified atom stereocenters. The number of carbonyl (C=O) groups excluding carboxylic acids is 2. The molecule has 42 heavy (non-hydrogen) atoms. The summed E-state index contributed by atoms with van der Waals surface area (Å²) in [5.74, 6) is 0.0301. The zero-order valence-electron chi connectivity index (χ0n) is 24.8. The minimum Gasteiger partial charge on any atom is -0.354 e. The van der Waals surface area contributed by atoms with E-state index in [0.717, 1.165) is 77.1 Å². The van der Waals surface area contributed by atoms with E-state index >= 15 is 0 Å². The Bertz CT molecular complexity index is 1680. The molecule has 0 spiro atoms. The van der Waals surface area contributed by atoms with Crippen molar-refractivity contribution in [2.24, 2.45) is 4.99 Å². The van der Waals surface area contributed by atoms with Gasteiger partial charge < -0.3 is 20.1 Å². The second-order valence-corrected chi connectivity index (χ2v) is 11.4. The molecule has 6 rings (SSSR count). The van der Waals surface area contributed by atoms with Crippen LogP contribution >= 0.6 is 0 Å². The molecule has 2 aromatic carbocycles. The van der Waals surface area contributed by atoms with Gasteiger partial charge in [0.15, 0.2) is 0 Å². The van der Waals surface area contributed by atoms with Crippen molar-refractivity contribution in [2.45, 2.75) is 46.1 Å². The van der Waals surface area contributed by atoms with E-state index in [0.29, 0.717) is 11.3 Å². The Hall–Kier alpha value is -4.30. The Kier molecular flexibility index (Phi) is 7.64. The van der Waals surface area contributed by atoms with E-state index in [1.165, 1.54) is 0 Å². The van der Waals surface area contributed by atoms with Crippen LogP contribution in [-0.4, -0.2) is 59.8 Å². The number of rotatable bonds is 7. The van der Waals surface area contributed by atoms with Crippen LogP contribution in [0.25, 0.3) is 22.0 Å². The molecule has 4 aromatic rings. The predicted molar refractivity (Wildman–Crippen MR) is 169 cm³/mol. The molecule has 8 heteroatoms. The van der Waals surface area contributed by atoms with Crippen molar-refractivity contribution >= 4 is 34.2 Å². The molecule has 2 aliphatic heterocycles. The quantitative estimate of drug-likeness (QED) is 0.321. The summed E-state index contributed by atoms with van der Waals surface area (Å²) in [4.78, 5) is 38.2. The highest BCUT2D eigenvalue weighted by Crippen LogP contribution is 2.34. The van der Waals surface area contributed by atoms with Gasteiger partial charge in [0.1, 0.15) is 5.82 Å². The van der Waals surface area contributed by atoms with Crippen LogP contribution in [0.15, 0.2) is 65.9 Å². The number of aryl methyl sites for hydroxylation is 1. The van der Waals surface area contributed by atoms with Crippen LogP contribution in [0.4, 0.5) is 5.82 Å². The number of aliphatic imine (C=N–C) groups is 1. The van der Waals surface area contributed by atoms with Crippen LogP contribution in [0.1, 0.15) is 66.2 Å². The number of hydrogen-bond donors (Lipinski definition) is 2. The number of fused-ring (bicyclic) bond motifs is 2. The van der Waals surface area contributed by atoms with Gasteiger partial charge in [-0.15, -0.1) is 0 Å². The minimum absolute atomic E-state index is 0.184. The van der Waals surface area contributed by atoms with Gasteiger partial charge in [-0.3, -0.25) is 9.59 Å². The second-order valence-electron chi connectivity index (χ2n) is 11.4. The number of anilines is 1. The maximum Gasteiger partial charge on any atom is 0.255 e. The Morgan fingerprint density at radius 1 is 1.10 bits per heavy atom. The highest BCUT2D eigenvalue weighted by atomic mass is 16.2. The molecular formula is C34H38N6O2. The zero-order valence-corrected chi connectivity index (χ0v) is 24.8. The van der Waals surface area contributed by atoms with Crippen molar-refractivity contribution in [3.63, 3.8) is 0 Å². The van der Waals surface area contributed by atoms with Gasteiger partial charge in [0, 0.05) is 78.9 Å². The fourth-order valence-electron chi connectivity index (χ4n) is 6.19. The molecule has 0 saturated carbocycles. The average Bonchev–Trinajstić information content (AvgIpc) is 3.36. The van der Waals surface area contributed by atoms with Gasteiger partial charge in [-0.2, -0.15) is 0 Å². The molecule has 1 saturated heterocycles. The van der Waals surface area contributed by atoms with Crippen molar-refractivity contribution in [3.8, 4) is 11.1 Å². The van der Waals surface area contributed by atoms with Gasteiger partial charge in [-0.25, -0.2) is 9.98 Å². The maximum atomic E-state index is 13.9. The molecule has 0 radical (unpaired) electrons. The largest absolute Gasteiger partial charge is 0.354 e. The van der Waals surface area contributed by atoms with Crippen molar-refractivity contribution in [3.05, 3.63) is 83.2 Å². The number of carbonyl (C=O) groups is 2. The lowest BCUT2D eigenvalue weighted by atomic mass is 9.89. The van der Waals surface area contributed by atoms with Crippen LogP contribution in [0, 0.1) is 6.92 Å². The van der Waals surface area contributed by atoms with E-state index in [4.69, 9.17) is 4.98 Å². The summed E-state index contributed by atoms with van der Waals surface area (Å²) in [5.41, 5.74) is 7.15. The van der Waals surface area contributed by atoms with Gasteiger partial charge in [0.05, 0.1) is 5.92 Å². The van der Waals surface area contributed by atoms with Crippen molar-refractivity contribution in [2.75, 3.05) is 37.6 Å². The molecule has 4 heterocycles. The summed E-state index contributed by atoms with van der Waals surface area (Å²) >= 11 is 0. The molecule has 2 aromatic heterocycles. The standard InChI is InChI=1S/C34H38N6O2/c1-5-22(3)40-20-21(2)32-28(33(41)37-19-29-27-9-7-6-8-26(27)23(4)38-34(29)42)16-25(17-30(32)40)24-10-11-31(36-18-24)39-14-12-35-13-15-39/h6-11,16-18,20,22,29,35H,5,12-15,19H2,1-4H3,(H,37,41). The minimum atomic E-state index is -0.514. The number of nitrogens with zero attached hydrogens (tertiary/aromatic N) is 4. The molecule has 8 nitrogen and oxygen atoms in total. The third-order valence-electron chi connectivity index (χ3n) is 8.72. The topological polar surface area (TPSA) is 91.6 Å². The molecule has 2 atom stereocenters. The van der Waals surface area contributed by atoms with Crippen LogP contribution in [0.5, 0.6) is 0 Å². The van der Waals surface area contributed by atoms with E-state index in [1.54, 1.807) is 0 Å². The second kappa shape index (κ2) is 11.5. The van der Waals surface area contributed by atoms with Crippen LogP contribution < -0.4 is 15.5 Å². The summed E-state index contributed by atoms with van der Waals surface area (Å²) in [5, 5.41) is 7.41. The van der Waals surface area contributed by atoms with Gasteiger partial charge in [-0.05, 0) is 73.7 Å². The molecule has 1 fully saturated rings. The first-order valence-corrected chi connectivity index (χ1v) is 14.9. The SMILES string of the molecule is CCC(C)n1cc(C)c2c(C(=O)NCC3C(=O)N=C(C)c4ccccc43)cc(-c3ccc(N4CCNCC4)nc3)cc21. The predicted octanol–water partition coefficient (Wildman–Crippen LogP) is 5.26. The number of piperazine rings is 1. The smallest absolute Gasteiger partial charge is 0.255 e. The Morgan fingerprint density at radius 2 is 1.88 bits per heavy atom. The molecule has 0 bridgehead atoms. The lowest BCUT2D eigenvalue weighted by Gasteiger charge is -2.28. The summed E-state index contributed by atoms with van der Waals surface area (Å²) in [7, 11) is 0. The number of benzene rings is 2. The number of amides is 2. The third kappa shape index (κ3) is 5.11. The van der Waals surface area contributed by atoms with E-state index in [-0.39, 0.29) is 24.4 Å². The first-order valence-electron chi connectivity index (χ1n) is 14.9. The number of pyridine rings is 1. The van der Waals surface area contributed by atoms with Gasteiger partial charge in [-0.1, -0.05) is 31.2 Å². The van der Waals surface area contributed by atoms with Crippen LogP contribution in [0.3, 0.4) is 0 Å². The molecule has 2 amide bonds. The van der Waals surface area contributed by atoms with Crippen molar-refractivity contribution in [1.82, 2.24) is 20.2 Å². The Balaban J connectivity index is 1.36. The number of aromatic nitrogens is 2. The average molecular weight is 563 g/mol. The summed E-state index contributed by atoms with van der Waals surface area (Å²) in [6.45, 7) is 12.2. The van der Waals surface area contributed by atoms with Gasteiger partial charge in [0.25, 0.3) is 11.8 Å². The molecule has 2 aliphatic rings. The van der Waals surface area contributed by atoms with Gasteiger partial charge >= 0.3 is 0 Å². The number of nitrogens with one attached hydrogen (secondary N) is 2. The fourth-order valence-corrected chi connectivity index (χ4v) is 6.19. The Morgan fingerprint density at radius 3 is 2.62 bits per heavy atom. The highest BCUT2D eigenvalue weighted by Gasteiger charge is 2.29. The first kappa shape index (κ1) is 27.8. The maximum absolute atomic E-state index is 13.9. The number of hydrogen-bond acceptors (Lipinski definition) is 5. The molecule has 216 valence electrons.